The molecule has 0 radical (unpaired) electrons. The van der Waals surface area contributed by atoms with Crippen LogP contribution in [0.1, 0.15) is 102 Å². The van der Waals surface area contributed by atoms with Gasteiger partial charge in [-0.3, -0.25) is 9.59 Å². The summed E-state index contributed by atoms with van der Waals surface area (Å²) >= 11 is 0. The number of hydrogen-bond donors (Lipinski definition) is 2. The molecule has 1 rings (SSSR count). The molecule has 0 unspecified atom stereocenters. The summed E-state index contributed by atoms with van der Waals surface area (Å²) in [4.78, 5) is 21.7. The fraction of sp³-hybridized carbons (Fsp3) is 0.724. The highest BCUT2D eigenvalue weighted by atomic mass is 16.5. The lowest BCUT2D eigenvalue weighted by molar-refractivity contribution is -0.141. The largest absolute Gasteiger partial charge is 0.469 e. The van der Waals surface area contributed by atoms with Gasteiger partial charge in [0.1, 0.15) is 0 Å². The average molecular weight is 493 g/mol. The zero-order valence-electron chi connectivity index (χ0n) is 22.7. The van der Waals surface area contributed by atoms with Crippen molar-refractivity contribution in [1.82, 2.24) is 10.6 Å². The predicted molar refractivity (Wildman–Crippen MR) is 145 cm³/mol. The lowest BCUT2D eigenvalue weighted by atomic mass is 10.1. The summed E-state index contributed by atoms with van der Waals surface area (Å²) in [5.41, 5.74) is 1.31. The molecule has 0 aliphatic heterocycles. The number of methoxy groups -OCH3 is 2. The van der Waals surface area contributed by atoms with Gasteiger partial charge in [0.15, 0.2) is 0 Å². The molecule has 0 fully saturated rings. The van der Waals surface area contributed by atoms with Crippen molar-refractivity contribution in [1.29, 1.82) is 0 Å². The van der Waals surface area contributed by atoms with Crippen LogP contribution in [0, 0.1) is 0 Å². The topological polar surface area (TPSA) is 76.7 Å². The molecule has 35 heavy (non-hydrogen) atoms. The minimum atomic E-state index is -0.109. The first kappa shape index (κ1) is 33.1. The average Bonchev–Trinajstić information content (AvgIpc) is 2.89. The second-order valence-corrected chi connectivity index (χ2v) is 8.95. The smallest absolute Gasteiger partial charge is 0.305 e. The van der Waals surface area contributed by atoms with Crippen molar-refractivity contribution in [3.8, 4) is 0 Å². The summed E-state index contributed by atoms with van der Waals surface area (Å²) in [6.07, 6.45) is 15.5. The molecular weight excluding hydrogens is 440 g/mol. The zero-order chi connectivity index (χ0) is 25.8. The Bertz CT molecular complexity index is 596. The number of ether oxygens (including phenoxy) is 2. The van der Waals surface area contributed by atoms with Crippen LogP contribution in [-0.4, -0.2) is 45.8 Å². The van der Waals surface area contributed by atoms with E-state index in [-0.39, 0.29) is 11.9 Å². The molecule has 0 heterocycles. The first-order valence-corrected chi connectivity index (χ1v) is 13.7. The third-order valence-electron chi connectivity index (χ3n) is 5.80. The molecule has 1 aromatic rings. The fourth-order valence-corrected chi connectivity index (χ4v) is 3.58. The van der Waals surface area contributed by atoms with Crippen molar-refractivity contribution in [3.63, 3.8) is 0 Å². The third-order valence-corrected chi connectivity index (χ3v) is 5.80. The number of carbonyl (C=O) groups is 2. The Morgan fingerprint density at radius 3 is 1.60 bits per heavy atom. The molecule has 0 aliphatic rings. The van der Waals surface area contributed by atoms with E-state index >= 15 is 0 Å². The Hall–Kier alpha value is -1.92. The first-order chi connectivity index (χ1) is 17.1. The van der Waals surface area contributed by atoms with Gasteiger partial charge in [-0.15, -0.1) is 0 Å². The molecule has 2 N–H and O–H groups in total. The highest BCUT2D eigenvalue weighted by Gasteiger charge is 1.99. The molecule has 0 aromatic heterocycles. The highest BCUT2D eigenvalue weighted by molar-refractivity contribution is 5.69. The molecular formula is C29H52N2O4. The van der Waals surface area contributed by atoms with Gasteiger partial charge in [0, 0.05) is 19.4 Å². The lowest BCUT2D eigenvalue weighted by Gasteiger charge is -2.04. The van der Waals surface area contributed by atoms with Crippen LogP contribution in [0.4, 0.5) is 0 Å². The molecule has 0 spiro atoms. The highest BCUT2D eigenvalue weighted by Crippen LogP contribution is 2.05. The summed E-state index contributed by atoms with van der Waals surface area (Å²) in [6.45, 7) is 6.38. The van der Waals surface area contributed by atoms with Crippen LogP contribution in [0.5, 0.6) is 0 Å². The number of unbranched alkanes of at least 4 members (excludes halogenated alkanes) is 9. The van der Waals surface area contributed by atoms with Crippen LogP contribution >= 0.6 is 0 Å². The van der Waals surface area contributed by atoms with Gasteiger partial charge in [0.25, 0.3) is 0 Å². The van der Waals surface area contributed by atoms with Crippen molar-refractivity contribution in [2.75, 3.05) is 33.9 Å². The number of rotatable bonds is 21. The fourth-order valence-electron chi connectivity index (χ4n) is 3.58. The molecule has 0 saturated carbocycles. The Morgan fingerprint density at radius 2 is 1.09 bits per heavy atom. The van der Waals surface area contributed by atoms with Gasteiger partial charge in [0.2, 0.25) is 0 Å². The predicted octanol–water partition coefficient (Wildman–Crippen LogP) is 6.18. The van der Waals surface area contributed by atoms with E-state index in [1.807, 2.05) is 18.2 Å². The zero-order valence-corrected chi connectivity index (χ0v) is 22.7. The van der Waals surface area contributed by atoms with Crippen LogP contribution in [0.2, 0.25) is 0 Å². The summed E-state index contributed by atoms with van der Waals surface area (Å²) in [5, 5.41) is 6.85. The maximum absolute atomic E-state index is 10.9. The van der Waals surface area contributed by atoms with E-state index in [0.717, 1.165) is 64.7 Å². The Labute approximate surface area is 214 Å². The number of carbonyl (C=O) groups excluding carboxylic acids is 2. The van der Waals surface area contributed by atoms with Crippen LogP contribution in [0.3, 0.4) is 0 Å². The number of nitrogens with one attached hydrogen (secondary N) is 2. The molecule has 0 bridgehead atoms. The summed E-state index contributed by atoms with van der Waals surface area (Å²) in [7, 11) is 2.88. The monoisotopic (exact) mass is 492 g/mol. The third kappa shape index (κ3) is 25.0. The summed E-state index contributed by atoms with van der Waals surface area (Å²) in [6, 6.07) is 10.4. The molecule has 6 nitrogen and oxygen atoms in total. The molecule has 202 valence electrons. The minimum absolute atomic E-state index is 0.0879. The molecule has 1 aromatic carbocycles. The normalized spacial score (nSPS) is 10.4. The maximum Gasteiger partial charge on any atom is 0.305 e. The number of hydrogen-bond acceptors (Lipinski definition) is 6. The van der Waals surface area contributed by atoms with Crippen molar-refractivity contribution >= 4 is 11.9 Å². The quantitative estimate of drug-likeness (QED) is 0.158. The second kappa shape index (κ2) is 26.7. The standard InChI is InChI=1S/C15H31NO2.C14H21NO2/c1-3-4-5-6-7-10-13-16-14-11-8-9-12-15(17)18-2;1-17-14(16)10-6-3-7-11-15-12-13-8-4-2-5-9-13/h16H,3-14H2,1-2H3;2,4-5,8-9,15H,3,6-7,10-12H2,1H3. The maximum atomic E-state index is 10.9. The van der Waals surface area contributed by atoms with E-state index < -0.39 is 0 Å². The molecule has 6 heteroatoms. The van der Waals surface area contributed by atoms with Gasteiger partial charge in [-0.05, 0) is 57.3 Å². The van der Waals surface area contributed by atoms with Gasteiger partial charge in [-0.1, -0.05) is 82.2 Å². The Kier molecular flexibility index (Phi) is 25.2. The van der Waals surface area contributed by atoms with Crippen LogP contribution in [0.15, 0.2) is 30.3 Å². The van der Waals surface area contributed by atoms with E-state index in [9.17, 15) is 9.59 Å². The molecule has 0 saturated heterocycles. The van der Waals surface area contributed by atoms with Gasteiger partial charge < -0.3 is 20.1 Å². The van der Waals surface area contributed by atoms with Crippen LogP contribution in [0.25, 0.3) is 0 Å². The van der Waals surface area contributed by atoms with Crippen molar-refractivity contribution in [2.45, 2.75) is 103 Å². The number of esters is 2. The van der Waals surface area contributed by atoms with Crippen molar-refractivity contribution in [3.05, 3.63) is 35.9 Å². The molecule has 0 amide bonds. The van der Waals surface area contributed by atoms with E-state index in [4.69, 9.17) is 0 Å². The second-order valence-electron chi connectivity index (χ2n) is 8.95. The van der Waals surface area contributed by atoms with Crippen molar-refractivity contribution < 1.29 is 19.1 Å². The molecule has 0 aliphatic carbocycles. The van der Waals surface area contributed by atoms with Gasteiger partial charge >= 0.3 is 11.9 Å². The SMILES string of the molecule is CCCCCCCCNCCCCCC(=O)OC.COC(=O)CCCCCNCc1ccccc1. The van der Waals surface area contributed by atoms with Gasteiger partial charge in [-0.2, -0.15) is 0 Å². The van der Waals surface area contributed by atoms with E-state index in [2.05, 4.69) is 39.2 Å². The van der Waals surface area contributed by atoms with Gasteiger partial charge in [0.05, 0.1) is 14.2 Å². The Morgan fingerprint density at radius 1 is 0.629 bits per heavy atom. The number of benzene rings is 1. The van der Waals surface area contributed by atoms with Gasteiger partial charge in [-0.25, -0.2) is 0 Å². The summed E-state index contributed by atoms with van der Waals surface area (Å²) in [5.74, 6) is -0.197. The molecule has 0 atom stereocenters. The van der Waals surface area contributed by atoms with E-state index in [0.29, 0.717) is 12.8 Å². The van der Waals surface area contributed by atoms with E-state index in [1.165, 1.54) is 58.3 Å². The summed E-state index contributed by atoms with van der Waals surface area (Å²) < 4.78 is 9.18. The minimum Gasteiger partial charge on any atom is -0.469 e. The Balaban J connectivity index is 0.000000661. The first-order valence-electron chi connectivity index (χ1n) is 13.7. The van der Waals surface area contributed by atoms with Crippen molar-refractivity contribution in [2.24, 2.45) is 0 Å². The lowest BCUT2D eigenvalue weighted by Crippen LogP contribution is -2.16. The van der Waals surface area contributed by atoms with Crippen LogP contribution < -0.4 is 10.6 Å². The van der Waals surface area contributed by atoms with E-state index in [1.54, 1.807) is 0 Å². The van der Waals surface area contributed by atoms with Crippen LogP contribution in [-0.2, 0) is 25.6 Å².